The Bertz CT molecular complexity index is 995. The summed E-state index contributed by atoms with van der Waals surface area (Å²) in [7, 11) is 0. The first-order valence-electron chi connectivity index (χ1n) is 12.3. The molecule has 1 amide bonds. The van der Waals surface area contributed by atoms with Gasteiger partial charge in [0.25, 0.3) is 5.91 Å². The lowest BCUT2D eigenvalue weighted by molar-refractivity contribution is -0.149. The highest BCUT2D eigenvalue weighted by molar-refractivity contribution is 5.85. The second-order valence-electron chi connectivity index (χ2n) is 9.97. The molecule has 0 aromatic carbocycles. The number of pyridine rings is 1. The van der Waals surface area contributed by atoms with Gasteiger partial charge in [-0.3, -0.25) is 9.36 Å². The van der Waals surface area contributed by atoms with Crippen LogP contribution in [0.3, 0.4) is 0 Å². The second-order valence-corrected chi connectivity index (χ2v) is 9.97. The number of imidazole rings is 1. The molecule has 1 saturated carbocycles. The predicted octanol–water partition coefficient (Wildman–Crippen LogP) is 3.27. The van der Waals surface area contributed by atoms with Crippen LogP contribution in [0.1, 0.15) is 63.8 Å². The van der Waals surface area contributed by atoms with Crippen molar-refractivity contribution >= 4 is 17.1 Å². The highest BCUT2D eigenvalue weighted by Gasteiger charge is 2.45. The molecule has 2 saturated heterocycles. The molecule has 2 aliphatic heterocycles. The van der Waals surface area contributed by atoms with Gasteiger partial charge in [-0.25, -0.2) is 14.2 Å². The maximum absolute atomic E-state index is 15.7. The molecule has 1 N–H and O–H groups in total. The Morgan fingerprint density at radius 1 is 1.09 bits per heavy atom. The fourth-order valence-electron chi connectivity index (χ4n) is 5.95. The van der Waals surface area contributed by atoms with E-state index >= 15 is 4.39 Å². The molecule has 32 heavy (non-hydrogen) atoms. The number of aromatic nitrogens is 3. The molecule has 0 radical (unpaired) electrons. The van der Waals surface area contributed by atoms with Crippen molar-refractivity contribution in [3.8, 4) is 0 Å². The van der Waals surface area contributed by atoms with Crippen molar-refractivity contribution < 1.29 is 9.18 Å². The van der Waals surface area contributed by atoms with Gasteiger partial charge < -0.3 is 14.8 Å². The lowest BCUT2D eigenvalue weighted by Gasteiger charge is -2.41. The summed E-state index contributed by atoms with van der Waals surface area (Å²) in [4.78, 5) is 36.8. The molecule has 0 bridgehead atoms. The third-order valence-electron chi connectivity index (χ3n) is 7.87. The smallest absolute Gasteiger partial charge is 0.327 e. The first kappa shape index (κ1) is 21.6. The minimum absolute atomic E-state index is 0.0249. The van der Waals surface area contributed by atoms with E-state index in [0.29, 0.717) is 57.5 Å². The number of rotatable bonds is 4. The van der Waals surface area contributed by atoms with Gasteiger partial charge in [-0.15, -0.1) is 0 Å². The normalized spacial score (nSPS) is 23.6. The van der Waals surface area contributed by atoms with E-state index in [2.05, 4.69) is 14.9 Å². The number of carbonyl (C=O) groups excluding carboxylic acids is 1. The van der Waals surface area contributed by atoms with Crippen molar-refractivity contribution in [2.45, 2.75) is 69.5 Å². The number of aromatic amines is 1. The molecular weight excluding hydrogens is 409 g/mol. The number of piperidine rings is 2. The van der Waals surface area contributed by atoms with E-state index in [0.717, 1.165) is 18.0 Å². The number of H-pyrrole nitrogens is 1. The van der Waals surface area contributed by atoms with Crippen molar-refractivity contribution in [2.75, 3.05) is 32.7 Å². The molecule has 5 rings (SSSR count). The van der Waals surface area contributed by atoms with Crippen LogP contribution in [-0.2, 0) is 4.79 Å². The number of alkyl halides is 1. The molecular formula is C24H34FN5O2. The number of nitrogens with zero attached hydrogens (tertiary/aromatic N) is 4. The van der Waals surface area contributed by atoms with Crippen molar-refractivity contribution in [1.82, 2.24) is 24.3 Å². The van der Waals surface area contributed by atoms with E-state index in [1.807, 2.05) is 6.07 Å². The quantitative estimate of drug-likeness (QED) is 0.787. The predicted molar refractivity (Wildman–Crippen MR) is 121 cm³/mol. The van der Waals surface area contributed by atoms with E-state index in [4.69, 9.17) is 0 Å². The number of hydrogen-bond donors (Lipinski definition) is 1. The molecule has 2 aromatic rings. The van der Waals surface area contributed by atoms with Crippen LogP contribution in [0.25, 0.3) is 11.2 Å². The fraction of sp³-hybridized carbons (Fsp3) is 0.708. The summed E-state index contributed by atoms with van der Waals surface area (Å²) in [6.07, 6.45) is 10.1. The zero-order valence-corrected chi connectivity index (χ0v) is 18.8. The molecule has 7 nitrogen and oxygen atoms in total. The molecule has 174 valence electrons. The van der Waals surface area contributed by atoms with Gasteiger partial charge in [-0.05, 0) is 43.7 Å². The molecule has 3 aliphatic rings. The summed E-state index contributed by atoms with van der Waals surface area (Å²) in [5, 5.41) is 0. The van der Waals surface area contributed by atoms with Crippen LogP contribution in [0.2, 0.25) is 0 Å². The van der Waals surface area contributed by atoms with Gasteiger partial charge in [0, 0.05) is 57.8 Å². The van der Waals surface area contributed by atoms with Gasteiger partial charge in [0.1, 0.15) is 0 Å². The van der Waals surface area contributed by atoms with E-state index in [1.165, 1.54) is 32.1 Å². The Morgan fingerprint density at radius 3 is 2.53 bits per heavy atom. The first-order chi connectivity index (χ1) is 15.5. The average Bonchev–Trinajstić information content (AvgIpc) is 3.16. The number of hydrogen-bond acceptors (Lipinski definition) is 4. The summed E-state index contributed by atoms with van der Waals surface area (Å²) in [6.45, 7) is 3.36. The molecule has 4 heterocycles. The summed E-state index contributed by atoms with van der Waals surface area (Å²) in [5.74, 6) is 0.394. The topological polar surface area (TPSA) is 74.2 Å². The van der Waals surface area contributed by atoms with Crippen molar-refractivity contribution in [3.05, 3.63) is 28.8 Å². The number of fused-ring (bicyclic) bond motifs is 1. The highest BCUT2D eigenvalue weighted by atomic mass is 19.1. The van der Waals surface area contributed by atoms with Crippen LogP contribution in [-0.4, -0.2) is 68.6 Å². The van der Waals surface area contributed by atoms with E-state index in [1.54, 1.807) is 21.7 Å². The number of carbonyl (C=O) groups is 1. The van der Waals surface area contributed by atoms with Gasteiger partial charge in [0.15, 0.2) is 11.3 Å². The van der Waals surface area contributed by atoms with Gasteiger partial charge in [0.2, 0.25) is 0 Å². The molecule has 0 spiro atoms. The number of amides is 1. The lowest BCUT2D eigenvalue weighted by atomic mass is 9.86. The van der Waals surface area contributed by atoms with E-state index in [9.17, 15) is 9.59 Å². The number of nitrogens with one attached hydrogen (secondary N) is 1. The van der Waals surface area contributed by atoms with Gasteiger partial charge in [-0.2, -0.15) is 0 Å². The Hall–Kier alpha value is -2.22. The molecule has 3 fully saturated rings. The first-order valence-corrected chi connectivity index (χ1v) is 12.3. The number of halogens is 1. The minimum atomic E-state index is -1.74. The summed E-state index contributed by atoms with van der Waals surface area (Å²) in [5.41, 5.74) is -0.543. The Kier molecular flexibility index (Phi) is 6.05. The summed E-state index contributed by atoms with van der Waals surface area (Å²) in [6, 6.07) is 3.61. The van der Waals surface area contributed by atoms with Crippen LogP contribution in [0.4, 0.5) is 4.39 Å². The Balaban J connectivity index is 1.16. The van der Waals surface area contributed by atoms with Crippen molar-refractivity contribution in [1.29, 1.82) is 0 Å². The maximum atomic E-state index is 15.7. The highest BCUT2D eigenvalue weighted by Crippen LogP contribution is 2.33. The van der Waals surface area contributed by atoms with Crippen LogP contribution in [0.15, 0.2) is 23.1 Å². The molecule has 0 unspecified atom stereocenters. The second kappa shape index (κ2) is 8.96. The van der Waals surface area contributed by atoms with Gasteiger partial charge in [0.05, 0.1) is 5.52 Å². The minimum Gasteiger partial charge on any atom is -0.340 e. The molecule has 1 aliphatic carbocycles. The molecule has 8 heteroatoms. The monoisotopic (exact) mass is 443 g/mol. The number of likely N-dealkylation sites (tertiary alicyclic amines) is 2. The Morgan fingerprint density at radius 2 is 1.81 bits per heavy atom. The zero-order chi connectivity index (χ0) is 22.1. The molecule has 0 atom stereocenters. The average molecular weight is 444 g/mol. The van der Waals surface area contributed by atoms with E-state index < -0.39 is 5.67 Å². The van der Waals surface area contributed by atoms with Crippen LogP contribution in [0, 0.1) is 5.92 Å². The van der Waals surface area contributed by atoms with Crippen molar-refractivity contribution in [3.63, 3.8) is 0 Å². The van der Waals surface area contributed by atoms with E-state index in [-0.39, 0.29) is 17.6 Å². The molecule has 2 aromatic heterocycles. The fourth-order valence-corrected chi connectivity index (χ4v) is 5.95. The third kappa shape index (κ3) is 4.21. The summed E-state index contributed by atoms with van der Waals surface area (Å²) >= 11 is 0. The van der Waals surface area contributed by atoms with Gasteiger partial charge >= 0.3 is 5.69 Å². The summed E-state index contributed by atoms with van der Waals surface area (Å²) < 4.78 is 17.4. The zero-order valence-electron chi connectivity index (χ0n) is 18.8. The van der Waals surface area contributed by atoms with Crippen LogP contribution >= 0.6 is 0 Å². The van der Waals surface area contributed by atoms with Crippen molar-refractivity contribution in [2.24, 2.45) is 5.92 Å². The Labute approximate surface area is 188 Å². The lowest BCUT2D eigenvalue weighted by Crippen LogP contribution is -2.54. The SMILES string of the molecule is O=C(N1CCC(n2c(=O)[nH]c3cccnc32)CC1)C1(F)CCN(CC2CCCCC2)CC1. The largest absolute Gasteiger partial charge is 0.340 e. The van der Waals surface area contributed by atoms with Gasteiger partial charge in [-0.1, -0.05) is 19.3 Å². The van der Waals surface area contributed by atoms with Crippen LogP contribution in [0.5, 0.6) is 0 Å². The van der Waals surface area contributed by atoms with Crippen LogP contribution < -0.4 is 5.69 Å². The standard InChI is InChI=1S/C24H34FN5O2/c25-24(10-15-28(16-11-24)17-18-5-2-1-3-6-18)22(31)29-13-8-19(9-14-29)30-21-20(27-23(30)32)7-4-12-26-21/h4,7,12,18-19H,1-3,5-6,8-11,13-17H2,(H,27,32). The maximum Gasteiger partial charge on any atom is 0.327 e. The third-order valence-corrected chi connectivity index (χ3v) is 7.87.